The van der Waals surface area contributed by atoms with Crippen molar-refractivity contribution in [3.8, 4) is 0 Å². The van der Waals surface area contributed by atoms with E-state index in [1.165, 1.54) is 22.5 Å². The van der Waals surface area contributed by atoms with Crippen LogP contribution in [0.3, 0.4) is 0 Å². The highest BCUT2D eigenvalue weighted by Gasteiger charge is 2.33. The average molecular weight is 380 g/mol. The summed E-state index contributed by atoms with van der Waals surface area (Å²) in [4.78, 5) is 12.6. The van der Waals surface area contributed by atoms with E-state index in [9.17, 15) is 22.0 Å². The summed E-state index contributed by atoms with van der Waals surface area (Å²) in [5, 5.41) is 2.52. The van der Waals surface area contributed by atoms with Gasteiger partial charge in [0.05, 0.1) is 10.8 Å². The Morgan fingerprint density at radius 2 is 1.81 bits per heavy atom. The van der Waals surface area contributed by atoms with E-state index in [1.54, 1.807) is 18.2 Å². The first-order chi connectivity index (χ1) is 12.4. The number of anilines is 1. The normalized spacial score (nSPS) is 18.5. The monoisotopic (exact) mass is 380 g/mol. The summed E-state index contributed by atoms with van der Waals surface area (Å²) in [6, 6.07) is 11.1. The molecule has 1 fully saturated rings. The molecule has 1 atom stereocenters. The number of piperidine rings is 1. The summed E-state index contributed by atoms with van der Waals surface area (Å²) in [6.45, 7) is 0.388. The molecule has 8 heteroatoms. The lowest BCUT2D eigenvalue weighted by Gasteiger charge is -2.31. The first kappa shape index (κ1) is 18.5. The third-order valence-electron chi connectivity index (χ3n) is 4.32. The Hall–Kier alpha value is -2.32. The first-order valence-electron chi connectivity index (χ1n) is 8.19. The predicted octanol–water partition coefficient (Wildman–Crippen LogP) is 3.00. The van der Waals surface area contributed by atoms with E-state index in [1.807, 2.05) is 0 Å². The van der Waals surface area contributed by atoms with Crippen LogP contribution < -0.4 is 5.32 Å². The van der Waals surface area contributed by atoms with Crippen molar-refractivity contribution in [2.24, 2.45) is 5.92 Å². The Morgan fingerprint density at radius 3 is 2.50 bits per heavy atom. The van der Waals surface area contributed by atoms with Crippen molar-refractivity contribution in [2.75, 3.05) is 18.4 Å². The molecule has 3 rings (SSSR count). The number of sulfonamides is 1. The van der Waals surface area contributed by atoms with Crippen LogP contribution in [0.15, 0.2) is 53.4 Å². The van der Waals surface area contributed by atoms with Gasteiger partial charge in [-0.2, -0.15) is 4.31 Å². The molecule has 1 saturated heterocycles. The second kappa shape index (κ2) is 7.51. The maximum atomic E-state index is 13.3. The topological polar surface area (TPSA) is 66.5 Å². The number of nitrogens with one attached hydrogen (secondary N) is 1. The molecule has 1 unspecified atom stereocenters. The summed E-state index contributed by atoms with van der Waals surface area (Å²) in [5.41, 5.74) is 0.136. The fraction of sp³-hybridized carbons (Fsp3) is 0.278. The quantitative estimate of drug-likeness (QED) is 0.887. The largest absolute Gasteiger partial charge is 0.326 e. The summed E-state index contributed by atoms with van der Waals surface area (Å²) in [5.74, 6) is -3.03. The van der Waals surface area contributed by atoms with Crippen molar-refractivity contribution in [2.45, 2.75) is 17.7 Å². The van der Waals surface area contributed by atoms with Gasteiger partial charge in [-0.15, -0.1) is 0 Å². The van der Waals surface area contributed by atoms with Crippen molar-refractivity contribution in [3.63, 3.8) is 0 Å². The number of carbonyl (C=O) groups excluding carboxylic acids is 1. The van der Waals surface area contributed by atoms with E-state index in [2.05, 4.69) is 5.32 Å². The van der Waals surface area contributed by atoms with Gasteiger partial charge in [-0.25, -0.2) is 17.2 Å². The number of hydrogen-bond donors (Lipinski definition) is 1. The van der Waals surface area contributed by atoms with Gasteiger partial charge in [-0.05, 0) is 37.1 Å². The number of amides is 1. The minimum Gasteiger partial charge on any atom is -0.326 e. The second-order valence-electron chi connectivity index (χ2n) is 6.13. The zero-order chi connectivity index (χ0) is 18.7. The van der Waals surface area contributed by atoms with Gasteiger partial charge in [0, 0.05) is 24.8 Å². The maximum Gasteiger partial charge on any atom is 0.243 e. The zero-order valence-corrected chi connectivity index (χ0v) is 14.7. The molecule has 2 aromatic rings. The Labute approximate surface area is 150 Å². The SMILES string of the molecule is O=C(Nc1ccc(F)c(F)c1)C1CCCN(S(=O)(=O)c2ccccc2)C1. The predicted molar refractivity (Wildman–Crippen MR) is 92.9 cm³/mol. The number of hydrogen-bond acceptors (Lipinski definition) is 3. The summed E-state index contributed by atoms with van der Waals surface area (Å²) in [7, 11) is -3.67. The van der Waals surface area contributed by atoms with Crippen LogP contribution in [0.1, 0.15) is 12.8 Å². The molecule has 1 heterocycles. The van der Waals surface area contributed by atoms with Gasteiger partial charge in [0.2, 0.25) is 15.9 Å². The van der Waals surface area contributed by atoms with Gasteiger partial charge in [-0.1, -0.05) is 18.2 Å². The molecular formula is C18H18F2N2O3S. The summed E-state index contributed by atoms with van der Waals surface area (Å²) < 4.78 is 52.9. The van der Waals surface area contributed by atoms with Crippen LogP contribution in [0.2, 0.25) is 0 Å². The van der Waals surface area contributed by atoms with Crippen molar-refractivity contribution in [1.29, 1.82) is 0 Å². The summed E-state index contributed by atoms with van der Waals surface area (Å²) >= 11 is 0. The number of benzene rings is 2. The fourth-order valence-electron chi connectivity index (χ4n) is 2.93. The zero-order valence-electron chi connectivity index (χ0n) is 13.9. The van der Waals surface area contributed by atoms with Crippen LogP contribution in [0, 0.1) is 17.6 Å². The van der Waals surface area contributed by atoms with Gasteiger partial charge < -0.3 is 5.32 Å². The van der Waals surface area contributed by atoms with E-state index in [0.29, 0.717) is 19.4 Å². The lowest BCUT2D eigenvalue weighted by atomic mass is 9.98. The van der Waals surface area contributed by atoms with E-state index in [0.717, 1.165) is 12.1 Å². The van der Waals surface area contributed by atoms with Crippen LogP contribution in [0.4, 0.5) is 14.5 Å². The third-order valence-corrected chi connectivity index (χ3v) is 6.20. The minimum absolute atomic E-state index is 0.0484. The smallest absolute Gasteiger partial charge is 0.243 e. The first-order valence-corrected chi connectivity index (χ1v) is 9.63. The Morgan fingerprint density at radius 1 is 1.08 bits per heavy atom. The standard InChI is InChI=1S/C18H18F2N2O3S/c19-16-9-8-14(11-17(16)20)21-18(23)13-5-4-10-22(12-13)26(24,25)15-6-2-1-3-7-15/h1-3,6-9,11,13H,4-5,10,12H2,(H,21,23). The van der Waals surface area contributed by atoms with Gasteiger partial charge in [0.15, 0.2) is 11.6 Å². The number of halogens is 2. The third kappa shape index (κ3) is 3.91. The Bertz CT molecular complexity index is 904. The molecule has 0 aliphatic carbocycles. The van der Waals surface area contributed by atoms with Crippen molar-refractivity contribution in [1.82, 2.24) is 4.31 Å². The van der Waals surface area contributed by atoms with Crippen LogP contribution in [0.5, 0.6) is 0 Å². The molecule has 0 aromatic heterocycles. The molecule has 1 aliphatic rings. The number of carbonyl (C=O) groups is 1. The highest BCUT2D eigenvalue weighted by Crippen LogP contribution is 2.25. The molecule has 138 valence electrons. The average Bonchev–Trinajstić information content (AvgIpc) is 2.65. The van der Waals surface area contributed by atoms with E-state index >= 15 is 0 Å². The van der Waals surface area contributed by atoms with Crippen LogP contribution in [-0.4, -0.2) is 31.7 Å². The van der Waals surface area contributed by atoms with E-state index in [4.69, 9.17) is 0 Å². The Kier molecular flexibility index (Phi) is 5.33. The highest BCUT2D eigenvalue weighted by molar-refractivity contribution is 7.89. The van der Waals surface area contributed by atoms with Crippen molar-refractivity contribution < 1.29 is 22.0 Å². The molecule has 1 amide bonds. The summed E-state index contributed by atoms with van der Waals surface area (Å²) in [6.07, 6.45) is 1.07. The van der Waals surface area contributed by atoms with Gasteiger partial charge >= 0.3 is 0 Å². The van der Waals surface area contributed by atoms with Crippen LogP contribution in [0.25, 0.3) is 0 Å². The molecule has 5 nitrogen and oxygen atoms in total. The molecule has 26 heavy (non-hydrogen) atoms. The lowest BCUT2D eigenvalue weighted by molar-refractivity contribution is -0.120. The van der Waals surface area contributed by atoms with E-state index in [-0.39, 0.29) is 17.1 Å². The van der Waals surface area contributed by atoms with Crippen molar-refractivity contribution in [3.05, 3.63) is 60.2 Å². The molecule has 1 aliphatic heterocycles. The van der Waals surface area contributed by atoms with Gasteiger partial charge in [0.1, 0.15) is 0 Å². The molecule has 2 aromatic carbocycles. The molecule has 0 spiro atoms. The van der Waals surface area contributed by atoms with Gasteiger partial charge in [-0.3, -0.25) is 4.79 Å². The highest BCUT2D eigenvalue weighted by atomic mass is 32.2. The molecule has 1 N–H and O–H groups in total. The molecule has 0 bridgehead atoms. The molecular weight excluding hydrogens is 362 g/mol. The van der Waals surface area contributed by atoms with Gasteiger partial charge in [0.25, 0.3) is 0 Å². The van der Waals surface area contributed by atoms with Crippen LogP contribution in [-0.2, 0) is 14.8 Å². The number of rotatable bonds is 4. The molecule has 0 radical (unpaired) electrons. The second-order valence-corrected chi connectivity index (χ2v) is 8.07. The number of nitrogens with zero attached hydrogens (tertiary/aromatic N) is 1. The molecule has 0 saturated carbocycles. The fourth-order valence-corrected chi connectivity index (χ4v) is 4.48. The maximum absolute atomic E-state index is 13.3. The van der Waals surface area contributed by atoms with Crippen LogP contribution >= 0.6 is 0 Å². The lowest BCUT2D eigenvalue weighted by Crippen LogP contribution is -2.43. The van der Waals surface area contributed by atoms with Crippen molar-refractivity contribution >= 4 is 21.6 Å². The Balaban J connectivity index is 1.71. The van der Waals surface area contributed by atoms with E-state index < -0.39 is 33.5 Å². The minimum atomic E-state index is -3.67.